The molecule has 0 radical (unpaired) electrons. The second-order valence-electron chi connectivity index (χ2n) is 6.50. The summed E-state index contributed by atoms with van der Waals surface area (Å²) in [5.41, 5.74) is 8.14. The second-order valence-corrected chi connectivity index (χ2v) is 6.50. The summed E-state index contributed by atoms with van der Waals surface area (Å²) >= 11 is 0. The van der Waals surface area contributed by atoms with E-state index in [1.807, 2.05) is 24.3 Å². The van der Waals surface area contributed by atoms with Crippen LogP contribution in [0.2, 0.25) is 0 Å². The van der Waals surface area contributed by atoms with E-state index in [-0.39, 0.29) is 11.9 Å². The summed E-state index contributed by atoms with van der Waals surface area (Å²) < 4.78 is 5.99. The van der Waals surface area contributed by atoms with Crippen molar-refractivity contribution in [1.29, 1.82) is 0 Å². The lowest BCUT2D eigenvalue weighted by atomic mass is 10.0. The molecule has 6 nitrogen and oxygen atoms in total. The number of anilines is 1. The Morgan fingerprint density at radius 2 is 1.88 bits per heavy atom. The molecule has 0 bridgehead atoms. The first-order valence-electron chi connectivity index (χ1n) is 9.03. The van der Waals surface area contributed by atoms with Gasteiger partial charge in [0, 0.05) is 19.7 Å². The quantitative estimate of drug-likeness (QED) is 0.730. The van der Waals surface area contributed by atoms with Crippen LogP contribution in [0.5, 0.6) is 5.75 Å². The van der Waals surface area contributed by atoms with Gasteiger partial charge in [0.25, 0.3) is 5.91 Å². The normalized spacial score (nSPS) is 10.6. The standard InChI is InChI=1S/C20H28N4O2/c1-5-6-7-10-13-26-16-12-9-8-11-15(16)18-17(19(25)24(3)4)14(2)22-20(21)23-18/h8-9,11-12H,5-7,10,13H2,1-4H3,(H2,21,22,23). The number of benzene rings is 1. The summed E-state index contributed by atoms with van der Waals surface area (Å²) in [5, 5.41) is 0. The first kappa shape index (κ1) is 19.7. The van der Waals surface area contributed by atoms with E-state index in [1.165, 1.54) is 17.7 Å². The van der Waals surface area contributed by atoms with Gasteiger partial charge in [0.2, 0.25) is 5.95 Å². The fraction of sp³-hybridized carbons (Fsp3) is 0.450. The molecule has 0 saturated carbocycles. The van der Waals surface area contributed by atoms with Gasteiger partial charge in [-0.15, -0.1) is 0 Å². The number of nitrogens with zero attached hydrogens (tertiary/aromatic N) is 3. The van der Waals surface area contributed by atoms with E-state index in [2.05, 4.69) is 16.9 Å². The van der Waals surface area contributed by atoms with Crippen LogP contribution in [0, 0.1) is 6.92 Å². The summed E-state index contributed by atoms with van der Waals surface area (Å²) in [6.45, 7) is 4.58. The Hall–Kier alpha value is -2.63. The molecule has 0 aliphatic rings. The molecule has 0 aliphatic heterocycles. The molecule has 2 N–H and O–H groups in total. The molecule has 1 heterocycles. The first-order valence-corrected chi connectivity index (χ1v) is 9.03. The van der Waals surface area contributed by atoms with Crippen LogP contribution >= 0.6 is 0 Å². The Bertz CT molecular complexity index is 759. The molecule has 0 unspecified atom stereocenters. The molecule has 6 heteroatoms. The number of hydrogen-bond acceptors (Lipinski definition) is 5. The van der Waals surface area contributed by atoms with Gasteiger partial charge in [-0.1, -0.05) is 38.3 Å². The van der Waals surface area contributed by atoms with Crippen molar-refractivity contribution in [3.05, 3.63) is 35.5 Å². The monoisotopic (exact) mass is 356 g/mol. The van der Waals surface area contributed by atoms with Crippen molar-refractivity contribution in [3.63, 3.8) is 0 Å². The third-order valence-electron chi connectivity index (χ3n) is 4.12. The van der Waals surface area contributed by atoms with Gasteiger partial charge in [-0.2, -0.15) is 0 Å². The van der Waals surface area contributed by atoms with Crippen molar-refractivity contribution in [2.24, 2.45) is 0 Å². The van der Waals surface area contributed by atoms with Gasteiger partial charge in [-0.3, -0.25) is 4.79 Å². The molecule has 2 aromatic rings. The Labute approximate surface area is 155 Å². The molecule has 1 amide bonds. The third-order valence-corrected chi connectivity index (χ3v) is 4.12. The zero-order chi connectivity index (χ0) is 19.1. The molecule has 140 valence electrons. The lowest BCUT2D eigenvalue weighted by molar-refractivity contribution is 0.0827. The molecule has 0 fully saturated rings. The second kappa shape index (κ2) is 9.17. The SMILES string of the molecule is CCCCCCOc1ccccc1-c1nc(N)nc(C)c1C(=O)N(C)C. The van der Waals surface area contributed by atoms with E-state index in [1.54, 1.807) is 21.0 Å². The number of nitrogens with two attached hydrogens (primary N) is 1. The van der Waals surface area contributed by atoms with Gasteiger partial charge in [0.05, 0.1) is 23.6 Å². The van der Waals surface area contributed by atoms with Crippen LogP contribution in [0.25, 0.3) is 11.3 Å². The summed E-state index contributed by atoms with van der Waals surface area (Å²) in [4.78, 5) is 22.7. The third kappa shape index (κ3) is 4.71. The molecular weight excluding hydrogens is 328 g/mol. The molecule has 0 aliphatic carbocycles. The predicted molar refractivity (Wildman–Crippen MR) is 104 cm³/mol. The number of aryl methyl sites for hydroxylation is 1. The minimum absolute atomic E-state index is 0.144. The lowest BCUT2D eigenvalue weighted by Crippen LogP contribution is -2.24. The highest BCUT2D eigenvalue weighted by Gasteiger charge is 2.22. The zero-order valence-electron chi connectivity index (χ0n) is 16.1. The largest absolute Gasteiger partial charge is 0.493 e. The van der Waals surface area contributed by atoms with Crippen LogP contribution in [0.15, 0.2) is 24.3 Å². The van der Waals surface area contributed by atoms with Gasteiger partial charge in [-0.25, -0.2) is 9.97 Å². The van der Waals surface area contributed by atoms with Crippen LogP contribution in [-0.2, 0) is 0 Å². The number of para-hydroxylation sites is 1. The maximum Gasteiger partial charge on any atom is 0.257 e. The van der Waals surface area contributed by atoms with E-state index in [0.29, 0.717) is 29.3 Å². The summed E-state index contributed by atoms with van der Waals surface area (Å²) in [6.07, 6.45) is 4.53. The molecule has 2 rings (SSSR count). The Balaban J connectivity index is 2.40. The van der Waals surface area contributed by atoms with Crippen molar-refractivity contribution < 1.29 is 9.53 Å². The van der Waals surface area contributed by atoms with Crippen LogP contribution in [0.4, 0.5) is 5.95 Å². The van der Waals surface area contributed by atoms with E-state index in [0.717, 1.165) is 18.4 Å². The van der Waals surface area contributed by atoms with Crippen molar-refractivity contribution in [1.82, 2.24) is 14.9 Å². The number of nitrogen functional groups attached to an aromatic ring is 1. The van der Waals surface area contributed by atoms with Crippen LogP contribution in [0.1, 0.15) is 48.7 Å². The van der Waals surface area contributed by atoms with Crippen molar-refractivity contribution >= 4 is 11.9 Å². The molecule has 0 spiro atoms. The Morgan fingerprint density at radius 1 is 1.15 bits per heavy atom. The summed E-state index contributed by atoms with van der Waals surface area (Å²) in [6, 6.07) is 7.61. The van der Waals surface area contributed by atoms with Crippen molar-refractivity contribution in [2.45, 2.75) is 39.5 Å². The highest BCUT2D eigenvalue weighted by molar-refractivity contribution is 6.01. The maximum absolute atomic E-state index is 12.7. The number of carbonyl (C=O) groups excluding carboxylic acids is 1. The number of amides is 1. The molecule has 26 heavy (non-hydrogen) atoms. The van der Waals surface area contributed by atoms with E-state index in [4.69, 9.17) is 10.5 Å². The van der Waals surface area contributed by atoms with Gasteiger partial charge in [-0.05, 0) is 25.5 Å². The Kier molecular flexibility index (Phi) is 6.95. The average molecular weight is 356 g/mol. The smallest absolute Gasteiger partial charge is 0.257 e. The fourth-order valence-electron chi connectivity index (χ4n) is 2.77. The van der Waals surface area contributed by atoms with Crippen LogP contribution in [-0.4, -0.2) is 41.5 Å². The van der Waals surface area contributed by atoms with Crippen LogP contribution < -0.4 is 10.5 Å². The minimum Gasteiger partial charge on any atom is -0.493 e. The number of carbonyl (C=O) groups is 1. The molecule has 0 saturated heterocycles. The number of ether oxygens (including phenoxy) is 1. The zero-order valence-corrected chi connectivity index (χ0v) is 16.1. The Morgan fingerprint density at radius 3 is 2.58 bits per heavy atom. The first-order chi connectivity index (χ1) is 12.5. The van der Waals surface area contributed by atoms with E-state index < -0.39 is 0 Å². The highest BCUT2D eigenvalue weighted by Crippen LogP contribution is 2.33. The molecule has 1 aromatic heterocycles. The number of aromatic nitrogens is 2. The summed E-state index contributed by atoms with van der Waals surface area (Å²) in [7, 11) is 3.41. The minimum atomic E-state index is -0.157. The topological polar surface area (TPSA) is 81.3 Å². The predicted octanol–water partition coefficient (Wildman–Crippen LogP) is 3.70. The van der Waals surface area contributed by atoms with Crippen molar-refractivity contribution in [2.75, 3.05) is 26.4 Å². The van der Waals surface area contributed by atoms with Gasteiger partial charge >= 0.3 is 0 Å². The van der Waals surface area contributed by atoms with Gasteiger partial charge < -0.3 is 15.4 Å². The molecule has 1 aromatic carbocycles. The number of hydrogen-bond donors (Lipinski definition) is 1. The van der Waals surface area contributed by atoms with Gasteiger partial charge in [0.1, 0.15) is 5.75 Å². The van der Waals surface area contributed by atoms with E-state index in [9.17, 15) is 4.79 Å². The number of unbranched alkanes of at least 4 members (excludes halogenated alkanes) is 3. The lowest BCUT2D eigenvalue weighted by Gasteiger charge is -2.18. The van der Waals surface area contributed by atoms with E-state index >= 15 is 0 Å². The highest BCUT2D eigenvalue weighted by atomic mass is 16.5. The van der Waals surface area contributed by atoms with Crippen LogP contribution in [0.3, 0.4) is 0 Å². The van der Waals surface area contributed by atoms with Gasteiger partial charge in [0.15, 0.2) is 0 Å². The average Bonchev–Trinajstić information content (AvgIpc) is 2.60. The molecule has 0 atom stereocenters. The maximum atomic E-state index is 12.7. The summed E-state index contributed by atoms with van der Waals surface area (Å²) in [5.74, 6) is 0.690. The van der Waals surface area contributed by atoms with Crippen molar-refractivity contribution in [3.8, 4) is 17.0 Å². The molecular formula is C20H28N4O2. The number of rotatable bonds is 8. The fourth-order valence-corrected chi connectivity index (χ4v) is 2.77.